The highest BCUT2D eigenvalue weighted by Gasteiger charge is 2.44. The summed E-state index contributed by atoms with van der Waals surface area (Å²) >= 11 is -0.437. The third-order valence-corrected chi connectivity index (χ3v) is 11.1. The Kier molecular flexibility index (Phi) is 8.25. The van der Waals surface area contributed by atoms with Crippen LogP contribution in [-0.4, -0.2) is 41.9 Å². The van der Waals surface area contributed by atoms with Crippen LogP contribution in [0.5, 0.6) is 5.75 Å². The van der Waals surface area contributed by atoms with Gasteiger partial charge in [0.1, 0.15) is 21.9 Å². The molecule has 1 N–H and O–H groups in total. The Labute approximate surface area is 214 Å². The molecule has 0 unspecified atom stereocenters. The van der Waals surface area contributed by atoms with Gasteiger partial charge in [0, 0.05) is 35.0 Å². The van der Waals surface area contributed by atoms with E-state index < -0.39 is 43.2 Å². The van der Waals surface area contributed by atoms with E-state index in [0.717, 1.165) is 15.8 Å². The van der Waals surface area contributed by atoms with Gasteiger partial charge < -0.3 is 9.29 Å². The van der Waals surface area contributed by atoms with Crippen LogP contribution in [0.3, 0.4) is 0 Å². The number of rotatable bonds is 9. The van der Waals surface area contributed by atoms with Crippen molar-refractivity contribution >= 4 is 42.8 Å². The smallest absolute Gasteiger partial charge is 0.216 e. The molecular formula is C25H33FN2O4S3. The number of aryl methyl sites for hydroxylation is 1. The van der Waals surface area contributed by atoms with Gasteiger partial charge in [-0.1, -0.05) is 30.3 Å². The lowest BCUT2D eigenvalue weighted by atomic mass is 10.0. The van der Waals surface area contributed by atoms with Gasteiger partial charge in [-0.25, -0.2) is 17.1 Å². The van der Waals surface area contributed by atoms with Crippen molar-refractivity contribution in [3.8, 4) is 5.75 Å². The van der Waals surface area contributed by atoms with Gasteiger partial charge >= 0.3 is 0 Å². The Balaban J connectivity index is 2.00. The summed E-state index contributed by atoms with van der Waals surface area (Å²) < 4.78 is 65.3. The topological polar surface area (TPSA) is 81.7 Å². The van der Waals surface area contributed by atoms with Gasteiger partial charge in [0.05, 0.1) is 17.7 Å². The molecule has 0 radical (unpaired) electrons. The SMILES string of the molecule is COc1ccc(CN(C)S(=O)(=O)C[C@](C)(N[S@+]([O-])C(C)(C)C)c2sc3c(C)cccc3c2F)cc1. The lowest BCUT2D eigenvalue weighted by Crippen LogP contribution is -2.54. The summed E-state index contributed by atoms with van der Waals surface area (Å²) in [4.78, 5) is 0.223. The molecule has 3 rings (SSSR count). The predicted octanol–water partition coefficient (Wildman–Crippen LogP) is 5.09. The average Bonchev–Trinajstić information content (AvgIpc) is 3.12. The summed E-state index contributed by atoms with van der Waals surface area (Å²) in [5, 5.41) is 0.434. The number of hydrogen-bond donors (Lipinski definition) is 1. The molecule has 0 amide bonds. The molecular weight excluding hydrogens is 507 g/mol. The largest absolute Gasteiger partial charge is 0.598 e. The van der Waals surface area contributed by atoms with Crippen LogP contribution < -0.4 is 9.46 Å². The predicted molar refractivity (Wildman–Crippen MR) is 143 cm³/mol. The highest BCUT2D eigenvalue weighted by Crippen LogP contribution is 2.40. The van der Waals surface area contributed by atoms with Crippen LogP contribution in [0.15, 0.2) is 42.5 Å². The molecule has 10 heteroatoms. The van der Waals surface area contributed by atoms with Crippen molar-refractivity contribution in [1.82, 2.24) is 9.03 Å². The molecule has 2 aromatic carbocycles. The first kappa shape index (κ1) is 27.9. The quantitative estimate of drug-likeness (QED) is 0.383. The maximum absolute atomic E-state index is 15.7. The summed E-state index contributed by atoms with van der Waals surface area (Å²) in [5.41, 5.74) is 0.260. The Hall–Kier alpha value is -1.69. The van der Waals surface area contributed by atoms with E-state index in [1.807, 2.05) is 13.0 Å². The zero-order valence-corrected chi connectivity index (χ0v) is 23.6. The van der Waals surface area contributed by atoms with Crippen LogP contribution >= 0.6 is 11.3 Å². The molecule has 1 aromatic heterocycles. The van der Waals surface area contributed by atoms with Crippen LogP contribution in [0.25, 0.3) is 10.1 Å². The maximum atomic E-state index is 15.7. The highest BCUT2D eigenvalue weighted by atomic mass is 32.2. The van der Waals surface area contributed by atoms with Crippen molar-refractivity contribution in [2.45, 2.75) is 51.4 Å². The maximum Gasteiger partial charge on any atom is 0.216 e. The van der Waals surface area contributed by atoms with E-state index in [0.29, 0.717) is 11.1 Å². The number of thiophene rings is 1. The molecule has 0 saturated heterocycles. The van der Waals surface area contributed by atoms with Gasteiger partial charge in [-0.15, -0.1) is 16.1 Å². The lowest BCUT2D eigenvalue weighted by molar-refractivity contribution is 0.412. The van der Waals surface area contributed by atoms with Crippen LogP contribution in [0.2, 0.25) is 0 Å². The Morgan fingerprint density at radius 2 is 1.77 bits per heavy atom. The van der Waals surface area contributed by atoms with Gasteiger partial charge in [-0.2, -0.15) is 0 Å². The van der Waals surface area contributed by atoms with Gasteiger partial charge in [-0.05, 0) is 57.9 Å². The summed E-state index contributed by atoms with van der Waals surface area (Å²) in [6.07, 6.45) is 0. The van der Waals surface area contributed by atoms with Crippen LogP contribution in [0.4, 0.5) is 4.39 Å². The average molecular weight is 541 g/mol. The van der Waals surface area contributed by atoms with Crippen molar-refractivity contribution < 1.29 is 22.1 Å². The van der Waals surface area contributed by atoms with E-state index >= 15 is 4.39 Å². The van der Waals surface area contributed by atoms with E-state index in [-0.39, 0.29) is 11.4 Å². The van der Waals surface area contributed by atoms with Crippen molar-refractivity contribution in [2.75, 3.05) is 19.9 Å². The van der Waals surface area contributed by atoms with E-state index in [4.69, 9.17) is 4.74 Å². The summed E-state index contributed by atoms with van der Waals surface area (Å²) in [6, 6.07) is 12.5. The van der Waals surface area contributed by atoms with Gasteiger partial charge in [0.15, 0.2) is 0 Å². The summed E-state index contributed by atoms with van der Waals surface area (Å²) in [7, 11) is -0.833. The number of benzene rings is 2. The fraction of sp³-hybridized carbons (Fsp3) is 0.440. The zero-order chi connectivity index (χ0) is 26.2. The lowest BCUT2D eigenvalue weighted by Gasteiger charge is -2.35. The second kappa shape index (κ2) is 10.4. The van der Waals surface area contributed by atoms with Crippen molar-refractivity contribution in [1.29, 1.82) is 0 Å². The number of sulfonamides is 1. The molecule has 0 spiro atoms. The number of methoxy groups -OCH3 is 1. The minimum atomic E-state index is -3.89. The molecule has 0 aliphatic heterocycles. The third kappa shape index (κ3) is 6.18. The number of nitrogens with one attached hydrogen (secondary N) is 1. The standard InChI is InChI=1S/C25H33FN2O4S3/c1-17-9-8-10-20-21(26)23(33-22(17)20)25(5,27-34(29)24(2,3)4)16-35(30,31)28(6)15-18-11-13-19(32-7)14-12-18/h8-14,27H,15-16H2,1-7H3/t25-,34+/m0/s1. The van der Waals surface area contributed by atoms with Crippen LogP contribution in [0, 0.1) is 12.7 Å². The van der Waals surface area contributed by atoms with E-state index in [1.54, 1.807) is 71.2 Å². The highest BCUT2D eigenvalue weighted by molar-refractivity contribution is 7.91. The normalized spacial score (nSPS) is 15.4. The van der Waals surface area contributed by atoms with Gasteiger partial charge in [-0.3, -0.25) is 0 Å². The number of fused-ring (bicyclic) bond motifs is 1. The zero-order valence-electron chi connectivity index (χ0n) is 21.1. The van der Waals surface area contributed by atoms with Crippen molar-refractivity contribution in [2.24, 2.45) is 0 Å². The van der Waals surface area contributed by atoms with E-state index in [1.165, 1.54) is 22.7 Å². The van der Waals surface area contributed by atoms with Crippen LogP contribution in [0.1, 0.15) is 43.7 Å². The summed E-state index contributed by atoms with van der Waals surface area (Å²) in [5.74, 6) is -0.268. The Morgan fingerprint density at radius 3 is 2.31 bits per heavy atom. The minimum absolute atomic E-state index is 0.138. The molecule has 0 saturated carbocycles. The van der Waals surface area contributed by atoms with E-state index in [2.05, 4.69) is 4.72 Å². The number of halogens is 1. The third-order valence-electron chi connectivity index (χ3n) is 5.74. The first-order valence-corrected chi connectivity index (χ1v) is 14.7. The molecule has 2 atom stereocenters. The second-order valence-corrected chi connectivity index (χ2v) is 14.9. The molecule has 35 heavy (non-hydrogen) atoms. The molecule has 0 bridgehead atoms. The fourth-order valence-corrected chi connectivity index (χ4v) is 7.54. The number of nitrogens with zero attached hydrogens (tertiary/aromatic N) is 1. The minimum Gasteiger partial charge on any atom is -0.598 e. The second-order valence-electron chi connectivity index (χ2n) is 9.87. The molecule has 192 valence electrons. The monoisotopic (exact) mass is 540 g/mol. The number of hydrogen-bond acceptors (Lipinski definition) is 6. The molecule has 6 nitrogen and oxygen atoms in total. The molecule has 0 fully saturated rings. The van der Waals surface area contributed by atoms with Crippen molar-refractivity contribution in [3.05, 3.63) is 64.3 Å². The Bertz CT molecular complexity index is 1290. The van der Waals surface area contributed by atoms with E-state index in [9.17, 15) is 13.0 Å². The summed E-state index contributed by atoms with van der Waals surface area (Å²) in [6.45, 7) is 8.99. The molecule has 0 aliphatic rings. The Morgan fingerprint density at radius 1 is 1.14 bits per heavy atom. The van der Waals surface area contributed by atoms with Crippen LogP contribution in [-0.2, 0) is 33.5 Å². The fourth-order valence-electron chi connectivity index (χ4n) is 3.65. The molecule has 1 heterocycles. The molecule has 0 aliphatic carbocycles. The first-order valence-electron chi connectivity index (χ1n) is 11.1. The first-order chi connectivity index (χ1) is 16.2. The van der Waals surface area contributed by atoms with Crippen molar-refractivity contribution in [3.63, 3.8) is 0 Å². The molecule has 3 aromatic rings. The number of ether oxygens (including phenoxy) is 1. The van der Waals surface area contributed by atoms with Gasteiger partial charge in [0.2, 0.25) is 10.0 Å². The van der Waals surface area contributed by atoms with Gasteiger partial charge in [0.25, 0.3) is 0 Å².